The molecule has 1 aliphatic heterocycles. The van der Waals surface area contributed by atoms with E-state index in [0.29, 0.717) is 29.7 Å². The summed E-state index contributed by atoms with van der Waals surface area (Å²) in [7, 11) is 0. The molecule has 1 atom stereocenters. The highest BCUT2D eigenvalue weighted by molar-refractivity contribution is 5.87. The number of carbonyl (C=O) groups is 2. The van der Waals surface area contributed by atoms with E-state index in [1.54, 1.807) is 12.1 Å². The molecule has 142 valence electrons. The van der Waals surface area contributed by atoms with Crippen LogP contribution in [-0.2, 0) is 29.0 Å². The summed E-state index contributed by atoms with van der Waals surface area (Å²) in [4.78, 5) is 45.7. The minimum Gasteiger partial charge on any atom is -0.368 e. The Labute approximate surface area is 161 Å². The fraction of sp³-hybridized carbons (Fsp3) is 0.238. The van der Waals surface area contributed by atoms with Gasteiger partial charge in [0.25, 0.3) is 5.56 Å². The number of hydrogen-bond donors (Lipinski definition) is 2. The number of fused-ring (bicyclic) bond motifs is 2. The van der Waals surface area contributed by atoms with Crippen molar-refractivity contribution >= 4 is 22.8 Å². The lowest BCUT2D eigenvalue weighted by Crippen LogP contribution is -2.51. The molecular weight excluding hydrogens is 356 g/mol. The zero-order chi connectivity index (χ0) is 19.7. The number of para-hydroxylation sites is 2. The number of carbonyl (C=O) groups excluding carboxylic acids is 2. The Bertz CT molecular complexity index is 1120. The number of nitrogens with two attached hydrogens (primary N) is 1. The van der Waals surface area contributed by atoms with Gasteiger partial charge in [0, 0.05) is 25.8 Å². The van der Waals surface area contributed by atoms with Gasteiger partial charge in [-0.3, -0.25) is 14.4 Å². The Balaban J connectivity index is 1.54. The molecule has 2 amide bonds. The lowest BCUT2D eigenvalue weighted by molar-refractivity contribution is -0.140. The average Bonchev–Trinajstić information content (AvgIpc) is 2.70. The maximum Gasteiger partial charge on any atom is 0.270 e. The maximum absolute atomic E-state index is 12.8. The van der Waals surface area contributed by atoms with Crippen molar-refractivity contribution < 1.29 is 9.59 Å². The largest absolute Gasteiger partial charge is 0.368 e. The van der Waals surface area contributed by atoms with Gasteiger partial charge >= 0.3 is 0 Å². The summed E-state index contributed by atoms with van der Waals surface area (Å²) in [5.41, 5.74) is 8.92. The second-order valence-electron chi connectivity index (χ2n) is 6.94. The van der Waals surface area contributed by atoms with Crippen molar-refractivity contribution in [1.29, 1.82) is 0 Å². The molecule has 0 spiro atoms. The molecule has 3 aromatic rings. The Hall–Kier alpha value is -3.48. The first kappa shape index (κ1) is 17.9. The van der Waals surface area contributed by atoms with Crippen LogP contribution in [0.4, 0.5) is 0 Å². The average molecular weight is 376 g/mol. The number of aryl methyl sites for hydroxylation is 1. The number of amides is 2. The number of primary amides is 1. The minimum absolute atomic E-state index is 0.0837. The van der Waals surface area contributed by atoms with E-state index < -0.39 is 11.9 Å². The van der Waals surface area contributed by atoms with Gasteiger partial charge in [-0.15, -0.1) is 0 Å². The lowest BCUT2D eigenvalue weighted by atomic mass is 9.93. The topological polar surface area (TPSA) is 109 Å². The molecule has 0 saturated carbocycles. The van der Waals surface area contributed by atoms with Gasteiger partial charge < -0.3 is 15.6 Å². The van der Waals surface area contributed by atoms with Crippen LogP contribution in [0.2, 0.25) is 0 Å². The van der Waals surface area contributed by atoms with Crippen molar-refractivity contribution in [3.8, 4) is 0 Å². The summed E-state index contributed by atoms with van der Waals surface area (Å²) < 4.78 is 0. The second kappa shape index (κ2) is 7.26. The van der Waals surface area contributed by atoms with Gasteiger partial charge in [0.1, 0.15) is 11.7 Å². The first-order valence-electron chi connectivity index (χ1n) is 9.16. The lowest BCUT2D eigenvalue weighted by Gasteiger charge is -2.35. The zero-order valence-electron chi connectivity index (χ0n) is 15.2. The Morgan fingerprint density at radius 3 is 2.61 bits per heavy atom. The van der Waals surface area contributed by atoms with Crippen molar-refractivity contribution in [3.63, 3.8) is 0 Å². The van der Waals surface area contributed by atoms with Crippen molar-refractivity contribution in [2.45, 2.75) is 31.8 Å². The molecule has 7 nitrogen and oxygen atoms in total. The molecular formula is C21H20N4O3. The van der Waals surface area contributed by atoms with Gasteiger partial charge in [0.15, 0.2) is 0 Å². The molecule has 0 bridgehead atoms. The molecule has 1 unspecified atom stereocenters. The van der Waals surface area contributed by atoms with Gasteiger partial charge in [-0.1, -0.05) is 36.4 Å². The number of benzene rings is 2. The van der Waals surface area contributed by atoms with E-state index in [2.05, 4.69) is 9.97 Å². The molecule has 1 aromatic heterocycles. The number of nitrogens with zero attached hydrogens (tertiary/aromatic N) is 2. The normalized spacial score (nSPS) is 16.0. The van der Waals surface area contributed by atoms with E-state index in [1.165, 1.54) is 4.90 Å². The molecule has 28 heavy (non-hydrogen) atoms. The fourth-order valence-electron chi connectivity index (χ4n) is 3.65. The van der Waals surface area contributed by atoms with Crippen LogP contribution in [0.25, 0.3) is 11.0 Å². The number of hydrogen-bond acceptors (Lipinski definition) is 4. The third kappa shape index (κ3) is 3.38. The van der Waals surface area contributed by atoms with Gasteiger partial charge in [-0.05, 0) is 23.3 Å². The first-order chi connectivity index (χ1) is 13.5. The van der Waals surface area contributed by atoms with E-state index in [0.717, 1.165) is 11.1 Å². The van der Waals surface area contributed by atoms with Crippen LogP contribution in [0.1, 0.15) is 23.2 Å². The quantitative estimate of drug-likeness (QED) is 0.715. The van der Waals surface area contributed by atoms with Crippen LogP contribution >= 0.6 is 0 Å². The van der Waals surface area contributed by atoms with E-state index in [-0.39, 0.29) is 24.3 Å². The summed E-state index contributed by atoms with van der Waals surface area (Å²) >= 11 is 0. The molecule has 0 saturated heterocycles. The molecule has 3 N–H and O–H groups in total. The van der Waals surface area contributed by atoms with Gasteiger partial charge in [0.2, 0.25) is 11.8 Å². The summed E-state index contributed by atoms with van der Waals surface area (Å²) in [6, 6.07) is 14.3. The third-order valence-corrected chi connectivity index (χ3v) is 5.14. The highest BCUT2D eigenvalue weighted by Gasteiger charge is 2.33. The zero-order valence-corrected chi connectivity index (χ0v) is 15.2. The smallest absolute Gasteiger partial charge is 0.270 e. The highest BCUT2D eigenvalue weighted by atomic mass is 16.2. The van der Waals surface area contributed by atoms with E-state index in [1.807, 2.05) is 36.4 Å². The Morgan fingerprint density at radius 2 is 1.82 bits per heavy atom. The van der Waals surface area contributed by atoms with Crippen molar-refractivity contribution in [2.24, 2.45) is 5.73 Å². The monoisotopic (exact) mass is 376 g/mol. The molecule has 0 aliphatic carbocycles. The van der Waals surface area contributed by atoms with Crippen LogP contribution in [0.15, 0.2) is 53.3 Å². The van der Waals surface area contributed by atoms with Crippen LogP contribution in [0.5, 0.6) is 0 Å². The molecule has 2 aromatic carbocycles. The van der Waals surface area contributed by atoms with E-state index in [4.69, 9.17) is 5.73 Å². The summed E-state index contributed by atoms with van der Waals surface area (Å²) in [5, 5.41) is 0. The van der Waals surface area contributed by atoms with Crippen LogP contribution in [0.3, 0.4) is 0 Å². The third-order valence-electron chi connectivity index (χ3n) is 5.14. The number of aromatic nitrogens is 2. The molecule has 7 heteroatoms. The minimum atomic E-state index is -0.676. The highest BCUT2D eigenvalue weighted by Crippen LogP contribution is 2.24. The molecule has 4 rings (SSSR count). The van der Waals surface area contributed by atoms with E-state index in [9.17, 15) is 14.4 Å². The number of nitrogens with one attached hydrogen (secondary N) is 1. The molecule has 0 radical (unpaired) electrons. The number of rotatable bonds is 4. The van der Waals surface area contributed by atoms with Crippen LogP contribution in [-0.4, -0.2) is 32.7 Å². The molecule has 2 heterocycles. The van der Waals surface area contributed by atoms with Gasteiger partial charge in [0.05, 0.1) is 11.0 Å². The van der Waals surface area contributed by atoms with Crippen molar-refractivity contribution in [2.75, 3.05) is 0 Å². The van der Waals surface area contributed by atoms with E-state index >= 15 is 0 Å². The number of H-pyrrole nitrogens is 1. The second-order valence-corrected chi connectivity index (χ2v) is 6.94. The van der Waals surface area contributed by atoms with Crippen molar-refractivity contribution in [1.82, 2.24) is 14.9 Å². The van der Waals surface area contributed by atoms with Gasteiger partial charge in [-0.2, -0.15) is 0 Å². The van der Waals surface area contributed by atoms with Crippen molar-refractivity contribution in [3.05, 3.63) is 75.7 Å². The summed E-state index contributed by atoms with van der Waals surface area (Å²) in [6.45, 7) is 0.337. The molecule has 1 aliphatic rings. The standard InChI is InChI=1S/C21H20N4O3/c22-20(27)18-11-13-5-1-2-6-14(13)12-25(18)19(26)10-9-17-21(28)24-16-8-4-3-7-15(16)23-17/h1-8,18H,9-12H2,(H2,22,27)(H,24,28). The van der Waals surface area contributed by atoms with Gasteiger partial charge in [-0.25, -0.2) is 4.98 Å². The van der Waals surface area contributed by atoms with Crippen LogP contribution < -0.4 is 11.3 Å². The maximum atomic E-state index is 12.8. The number of aromatic amines is 1. The first-order valence-corrected chi connectivity index (χ1v) is 9.16. The molecule has 0 fully saturated rings. The van der Waals surface area contributed by atoms with Crippen LogP contribution in [0, 0.1) is 0 Å². The summed E-state index contributed by atoms with van der Waals surface area (Å²) in [5.74, 6) is -0.739. The Morgan fingerprint density at radius 1 is 1.11 bits per heavy atom. The predicted octanol–water partition coefficient (Wildman–Crippen LogP) is 1.29. The summed E-state index contributed by atoms with van der Waals surface area (Å²) in [6.07, 6.45) is 0.690. The Kier molecular flexibility index (Phi) is 4.65. The fourth-order valence-corrected chi connectivity index (χ4v) is 3.65. The SMILES string of the molecule is NC(=O)C1Cc2ccccc2CN1C(=O)CCc1nc2ccccc2[nH]c1=O. The predicted molar refractivity (Wildman–Crippen MR) is 104 cm³/mol.